The monoisotopic (exact) mass is 381 g/mol. The number of hydrogen-bond donors (Lipinski definition) is 0. The predicted molar refractivity (Wildman–Crippen MR) is 117 cm³/mol. The number of nitrogens with zero attached hydrogens (tertiary/aromatic N) is 1. The molecule has 1 aromatic rings. The lowest BCUT2D eigenvalue weighted by Crippen LogP contribution is -2.19. The highest BCUT2D eigenvalue weighted by Gasteiger charge is 2.26. The van der Waals surface area contributed by atoms with Crippen LogP contribution < -0.4 is 0 Å². The van der Waals surface area contributed by atoms with Crippen molar-refractivity contribution in [3.8, 4) is 0 Å². The molecule has 0 N–H and O–H groups in total. The molecule has 0 atom stereocenters. The molecule has 0 saturated heterocycles. The fourth-order valence-corrected chi connectivity index (χ4v) is 3.74. The minimum Gasteiger partial charge on any atom is -0.461 e. The number of carbonyl (C=O) groups is 1. The standard InChI is InChI=1S/C25H35NO2/c1-6-7-8-16-28-24(27)23-14-12-21(18-26-23)17-19(2)11-13-22-20(3)10-9-15-25(22,4)5/h11-14,17-18H,6-10,15-16H2,1-5H3/b13-11+,19-17+. The summed E-state index contributed by atoms with van der Waals surface area (Å²) >= 11 is 0. The van der Waals surface area contributed by atoms with Gasteiger partial charge in [-0.15, -0.1) is 0 Å². The highest BCUT2D eigenvalue weighted by Crippen LogP contribution is 2.40. The van der Waals surface area contributed by atoms with E-state index < -0.39 is 0 Å². The molecule has 1 heterocycles. The van der Waals surface area contributed by atoms with Crippen molar-refractivity contribution in [1.29, 1.82) is 0 Å². The first-order valence-electron chi connectivity index (χ1n) is 10.5. The lowest BCUT2D eigenvalue weighted by molar-refractivity contribution is 0.0491. The van der Waals surface area contributed by atoms with E-state index >= 15 is 0 Å². The Hall–Kier alpha value is -2.16. The molecule has 28 heavy (non-hydrogen) atoms. The zero-order chi connectivity index (χ0) is 20.6. The molecule has 2 rings (SSSR count). The Kier molecular flexibility index (Phi) is 8.22. The fraction of sp³-hybridized carbons (Fsp3) is 0.520. The Labute approximate surface area is 170 Å². The van der Waals surface area contributed by atoms with Gasteiger partial charge in [0.2, 0.25) is 0 Å². The molecule has 3 nitrogen and oxygen atoms in total. The van der Waals surface area contributed by atoms with Crippen LogP contribution in [0.4, 0.5) is 0 Å². The highest BCUT2D eigenvalue weighted by molar-refractivity contribution is 5.87. The van der Waals surface area contributed by atoms with Gasteiger partial charge in [0.05, 0.1) is 6.61 Å². The summed E-state index contributed by atoms with van der Waals surface area (Å²) in [5, 5.41) is 0. The number of unbranched alkanes of at least 4 members (excludes halogenated alkanes) is 2. The van der Waals surface area contributed by atoms with Crippen LogP contribution in [0, 0.1) is 5.41 Å². The van der Waals surface area contributed by atoms with Crippen molar-refractivity contribution in [2.75, 3.05) is 6.61 Å². The highest BCUT2D eigenvalue weighted by atomic mass is 16.5. The van der Waals surface area contributed by atoms with Crippen LogP contribution in [0.2, 0.25) is 0 Å². The van der Waals surface area contributed by atoms with Crippen molar-refractivity contribution in [2.45, 2.75) is 73.1 Å². The molecule has 0 radical (unpaired) electrons. The van der Waals surface area contributed by atoms with E-state index in [4.69, 9.17) is 4.74 Å². The molecular weight excluding hydrogens is 346 g/mol. The molecule has 0 aromatic carbocycles. The molecule has 0 amide bonds. The Morgan fingerprint density at radius 2 is 2.07 bits per heavy atom. The molecular formula is C25H35NO2. The molecule has 0 aliphatic heterocycles. The summed E-state index contributed by atoms with van der Waals surface area (Å²) in [7, 11) is 0. The minimum absolute atomic E-state index is 0.250. The van der Waals surface area contributed by atoms with E-state index in [0.717, 1.165) is 24.8 Å². The third-order valence-electron chi connectivity index (χ3n) is 5.43. The van der Waals surface area contributed by atoms with Crippen LogP contribution >= 0.6 is 0 Å². The second-order valence-corrected chi connectivity index (χ2v) is 8.47. The fourth-order valence-electron chi connectivity index (χ4n) is 3.74. The van der Waals surface area contributed by atoms with Crippen LogP contribution in [0.1, 0.15) is 89.2 Å². The number of carbonyl (C=O) groups excluding carboxylic acids is 1. The predicted octanol–water partition coefficient (Wildman–Crippen LogP) is 6.91. The Morgan fingerprint density at radius 3 is 2.71 bits per heavy atom. The van der Waals surface area contributed by atoms with Crippen molar-refractivity contribution >= 4 is 12.0 Å². The van der Waals surface area contributed by atoms with Crippen molar-refractivity contribution in [3.05, 3.63) is 58.5 Å². The summed E-state index contributed by atoms with van der Waals surface area (Å²) in [5.74, 6) is -0.342. The van der Waals surface area contributed by atoms with Gasteiger partial charge in [-0.05, 0) is 62.1 Å². The van der Waals surface area contributed by atoms with Crippen molar-refractivity contribution in [3.63, 3.8) is 0 Å². The van der Waals surface area contributed by atoms with Gasteiger partial charge in [0.15, 0.2) is 0 Å². The largest absolute Gasteiger partial charge is 0.461 e. The second-order valence-electron chi connectivity index (χ2n) is 8.47. The number of hydrogen-bond acceptors (Lipinski definition) is 3. The minimum atomic E-state index is -0.342. The lowest BCUT2D eigenvalue weighted by Gasteiger charge is -2.32. The van der Waals surface area contributed by atoms with Gasteiger partial charge in [0.1, 0.15) is 5.69 Å². The van der Waals surface area contributed by atoms with E-state index in [1.165, 1.54) is 36.0 Å². The molecule has 152 valence electrons. The average Bonchev–Trinajstić information content (AvgIpc) is 2.64. The van der Waals surface area contributed by atoms with Crippen LogP contribution in [-0.4, -0.2) is 17.6 Å². The summed E-state index contributed by atoms with van der Waals surface area (Å²) in [6, 6.07) is 3.66. The summed E-state index contributed by atoms with van der Waals surface area (Å²) < 4.78 is 5.25. The summed E-state index contributed by atoms with van der Waals surface area (Å²) in [5.41, 5.74) is 5.73. The van der Waals surface area contributed by atoms with Crippen LogP contribution in [0.3, 0.4) is 0 Å². The topological polar surface area (TPSA) is 39.2 Å². The third-order valence-corrected chi connectivity index (χ3v) is 5.43. The van der Waals surface area contributed by atoms with Crippen LogP contribution in [0.15, 0.2) is 47.2 Å². The number of rotatable bonds is 8. The van der Waals surface area contributed by atoms with Crippen molar-refractivity contribution in [1.82, 2.24) is 4.98 Å². The lowest BCUT2D eigenvalue weighted by atomic mass is 9.72. The number of pyridine rings is 1. The SMILES string of the molecule is CCCCCOC(=O)c1ccc(/C=C(C)/C=C/C2=C(C)CCCC2(C)C)cn1. The van der Waals surface area contributed by atoms with E-state index in [2.05, 4.69) is 57.8 Å². The Balaban J connectivity index is 2.00. The van der Waals surface area contributed by atoms with Gasteiger partial charge < -0.3 is 4.74 Å². The number of esters is 1. The van der Waals surface area contributed by atoms with E-state index in [1.54, 1.807) is 12.3 Å². The Bertz CT molecular complexity index is 751. The van der Waals surface area contributed by atoms with Gasteiger partial charge in [-0.3, -0.25) is 0 Å². The van der Waals surface area contributed by atoms with Gasteiger partial charge in [0.25, 0.3) is 0 Å². The first-order valence-corrected chi connectivity index (χ1v) is 10.5. The third kappa shape index (κ3) is 6.47. The Morgan fingerprint density at radius 1 is 1.29 bits per heavy atom. The molecule has 0 saturated carbocycles. The molecule has 1 aliphatic rings. The molecule has 0 bridgehead atoms. The quantitative estimate of drug-likeness (QED) is 0.279. The van der Waals surface area contributed by atoms with Crippen molar-refractivity contribution in [2.24, 2.45) is 5.41 Å². The maximum Gasteiger partial charge on any atom is 0.356 e. The maximum absolute atomic E-state index is 12.0. The first-order chi connectivity index (χ1) is 13.3. The van der Waals surface area contributed by atoms with Crippen LogP contribution in [0.5, 0.6) is 0 Å². The van der Waals surface area contributed by atoms with Gasteiger partial charge in [0, 0.05) is 6.20 Å². The average molecular weight is 382 g/mol. The smallest absolute Gasteiger partial charge is 0.356 e. The summed E-state index contributed by atoms with van der Waals surface area (Å²) in [4.78, 5) is 16.3. The van der Waals surface area contributed by atoms with Crippen LogP contribution in [0.25, 0.3) is 6.08 Å². The normalized spacial score (nSPS) is 17.2. The second kappa shape index (κ2) is 10.4. The van der Waals surface area contributed by atoms with E-state index in [0.29, 0.717) is 12.3 Å². The zero-order valence-corrected chi connectivity index (χ0v) is 18.2. The zero-order valence-electron chi connectivity index (χ0n) is 18.2. The van der Waals surface area contributed by atoms with Gasteiger partial charge in [-0.2, -0.15) is 0 Å². The van der Waals surface area contributed by atoms with Gasteiger partial charge in [-0.1, -0.05) is 69.1 Å². The molecule has 0 unspecified atom stereocenters. The first kappa shape index (κ1) is 22.1. The molecule has 3 heteroatoms. The molecule has 0 fully saturated rings. The van der Waals surface area contributed by atoms with E-state index in [-0.39, 0.29) is 11.4 Å². The van der Waals surface area contributed by atoms with Crippen molar-refractivity contribution < 1.29 is 9.53 Å². The number of ether oxygens (including phenoxy) is 1. The summed E-state index contributed by atoms with van der Waals surface area (Å²) in [6.45, 7) is 11.6. The van der Waals surface area contributed by atoms with Crippen LogP contribution in [-0.2, 0) is 4.74 Å². The van der Waals surface area contributed by atoms with E-state index in [1.807, 2.05) is 6.07 Å². The molecule has 0 spiro atoms. The van der Waals surface area contributed by atoms with Gasteiger partial charge >= 0.3 is 5.97 Å². The number of allylic oxidation sites excluding steroid dienone is 5. The molecule has 1 aromatic heterocycles. The molecule has 1 aliphatic carbocycles. The maximum atomic E-state index is 12.0. The van der Waals surface area contributed by atoms with E-state index in [9.17, 15) is 4.79 Å². The number of aromatic nitrogens is 1. The van der Waals surface area contributed by atoms with Gasteiger partial charge in [-0.25, -0.2) is 9.78 Å². The summed E-state index contributed by atoms with van der Waals surface area (Å²) in [6.07, 6.45) is 15.1.